The standard InChI is InChI=1S/C33H43N7O4/c1-23(41)34-13-14-40(33(43)44)22-25-9-7-24(8-10-25)20-36-32(42)28-19-30(37-29-6-4-3-5-27(28)29)26-11-12-31(35-21-26)39-17-15-38(2)16-18-39/h3-6,11-12,19,21,24-25H,7-10,13-18,20,22H2,1-2H3,(H,34,41)(H,36,42)(H,43,44). The first-order valence-corrected chi connectivity index (χ1v) is 15.6. The number of aromatic nitrogens is 2. The van der Waals surface area contributed by atoms with Crippen LogP contribution in [0.5, 0.6) is 0 Å². The molecule has 0 atom stereocenters. The molecule has 2 fully saturated rings. The fraction of sp³-hybridized carbons (Fsp3) is 0.485. The van der Waals surface area contributed by atoms with Gasteiger partial charge in [0, 0.05) is 76.4 Å². The Kier molecular flexibility index (Phi) is 10.3. The van der Waals surface area contributed by atoms with Crippen molar-refractivity contribution in [3.63, 3.8) is 0 Å². The van der Waals surface area contributed by atoms with E-state index in [1.54, 1.807) is 0 Å². The number of rotatable bonds is 10. The van der Waals surface area contributed by atoms with Crippen molar-refractivity contribution >= 4 is 34.6 Å². The number of carbonyl (C=O) groups is 3. The van der Waals surface area contributed by atoms with Gasteiger partial charge in [0.15, 0.2) is 0 Å². The maximum atomic E-state index is 13.5. The number of benzene rings is 1. The van der Waals surface area contributed by atoms with Crippen LogP contribution in [0, 0.1) is 11.8 Å². The summed E-state index contributed by atoms with van der Waals surface area (Å²) < 4.78 is 0. The average Bonchev–Trinajstić information content (AvgIpc) is 3.03. The Morgan fingerprint density at radius 1 is 0.977 bits per heavy atom. The molecule has 2 aromatic heterocycles. The van der Waals surface area contributed by atoms with E-state index in [2.05, 4.69) is 27.5 Å². The zero-order valence-electron chi connectivity index (χ0n) is 25.7. The number of hydrogen-bond acceptors (Lipinski definition) is 7. The number of fused-ring (bicyclic) bond motifs is 1. The molecule has 1 saturated heterocycles. The molecule has 5 rings (SSSR count). The summed E-state index contributed by atoms with van der Waals surface area (Å²) in [5.41, 5.74) is 2.95. The number of piperazine rings is 1. The van der Waals surface area contributed by atoms with Gasteiger partial charge in [0.2, 0.25) is 5.91 Å². The maximum absolute atomic E-state index is 13.5. The zero-order valence-corrected chi connectivity index (χ0v) is 25.7. The molecular formula is C33H43N7O4. The molecule has 234 valence electrons. The van der Waals surface area contributed by atoms with Crippen LogP contribution in [0.15, 0.2) is 48.7 Å². The summed E-state index contributed by atoms with van der Waals surface area (Å²) in [5.74, 6) is 1.28. The first kappa shape index (κ1) is 31.2. The van der Waals surface area contributed by atoms with Crippen molar-refractivity contribution in [1.82, 2.24) is 30.4 Å². The second-order valence-corrected chi connectivity index (χ2v) is 12.1. The Hall–Kier alpha value is -4.25. The van der Waals surface area contributed by atoms with Crippen molar-refractivity contribution in [2.24, 2.45) is 11.8 Å². The second-order valence-electron chi connectivity index (χ2n) is 12.1. The van der Waals surface area contributed by atoms with Gasteiger partial charge < -0.3 is 30.4 Å². The highest BCUT2D eigenvalue weighted by Gasteiger charge is 2.25. The lowest BCUT2D eigenvalue weighted by atomic mass is 9.81. The summed E-state index contributed by atoms with van der Waals surface area (Å²) in [6.45, 7) is 6.98. The Morgan fingerprint density at radius 2 is 1.70 bits per heavy atom. The summed E-state index contributed by atoms with van der Waals surface area (Å²) in [5, 5.41) is 16.2. The molecule has 1 aliphatic heterocycles. The van der Waals surface area contributed by atoms with Gasteiger partial charge in [-0.2, -0.15) is 0 Å². The van der Waals surface area contributed by atoms with Crippen molar-refractivity contribution in [1.29, 1.82) is 0 Å². The highest BCUT2D eigenvalue weighted by atomic mass is 16.4. The minimum atomic E-state index is -0.963. The smallest absolute Gasteiger partial charge is 0.407 e. The van der Waals surface area contributed by atoms with Gasteiger partial charge in [0.05, 0.1) is 16.8 Å². The molecule has 1 aromatic carbocycles. The highest BCUT2D eigenvalue weighted by Crippen LogP contribution is 2.30. The predicted octanol–water partition coefficient (Wildman–Crippen LogP) is 3.70. The predicted molar refractivity (Wildman–Crippen MR) is 171 cm³/mol. The van der Waals surface area contributed by atoms with E-state index in [1.165, 1.54) is 11.8 Å². The fourth-order valence-corrected chi connectivity index (χ4v) is 6.17. The average molecular weight is 602 g/mol. The van der Waals surface area contributed by atoms with Crippen LogP contribution in [0.4, 0.5) is 10.6 Å². The number of nitrogens with one attached hydrogen (secondary N) is 2. The number of hydrogen-bond donors (Lipinski definition) is 3. The number of anilines is 1. The first-order chi connectivity index (χ1) is 21.3. The van der Waals surface area contributed by atoms with E-state index in [0.717, 1.165) is 74.1 Å². The largest absolute Gasteiger partial charge is 0.465 e. The molecular weight excluding hydrogens is 558 g/mol. The van der Waals surface area contributed by atoms with Crippen LogP contribution >= 0.6 is 0 Å². The van der Waals surface area contributed by atoms with Crippen molar-refractivity contribution in [2.75, 3.05) is 64.3 Å². The molecule has 3 N–H and O–H groups in total. The number of likely N-dealkylation sites (N-methyl/N-ethyl adjacent to an activating group) is 1. The van der Waals surface area contributed by atoms with Crippen LogP contribution in [0.3, 0.4) is 0 Å². The minimum Gasteiger partial charge on any atom is -0.465 e. The molecule has 44 heavy (non-hydrogen) atoms. The van der Waals surface area contributed by atoms with Gasteiger partial charge in [0.25, 0.3) is 5.91 Å². The van der Waals surface area contributed by atoms with Crippen molar-refractivity contribution in [2.45, 2.75) is 32.6 Å². The summed E-state index contributed by atoms with van der Waals surface area (Å²) >= 11 is 0. The van der Waals surface area contributed by atoms with Gasteiger partial charge in [-0.25, -0.2) is 14.8 Å². The molecule has 0 unspecified atom stereocenters. The van der Waals surface area contributed by atoms with Crippen molar-refractivity contribution in [3.8, 4) is 11.3 Å². The Bertz CT molecular complexity index is 1450. The number of para-hydroxylation sites is 1. The summed E-state index contributed by atoms with van der Waals surface area (Å²) in [6, 6.07) is 13.6. The van der Waals surface area contributed by atoms with E-state index in [0.29, 0.717) is 36.8 Å². The number of carboxylic acid groups (broad SMARTS) is 1. The molecule has 11 heteroatoms. The molecule has 2 aliphatic rings. The summed E-state index contributed by atoms with van der Waals surface area (Å²) in [6.07, 6.45) is 4.55. The van der Waals surface area contributed by atoms with E-state index < -0.39 is 6.09 Å². The van der Waals surface area contributed by atoms with Crippen LogP contribution in [-0.2, 0) is 4.79 Å². The molecule has 1 aliphatic carbocycles. The topological polar surface area (TPSA) is 131 Å². The first-order valence-electron chi connectivity index (χ1n) is 15.6. The van der Waals surface area contributed by atoms with Gasteiger partial charge in [-0.1, -0.05) is 18.2 Å². The summed E-state index contributed by atoms with van der Waals surface area (Å²) in [4.78, 5) is 51.9. The maximum Gasteiger partial charge on any atom is 0.407 e. The number of amides is 3. The van der Waals surface area contributed by atoms with Gasteiger partial charge in [0.1, 0.15) is 5.82 Å². The van der Waals surface area contributed by atoms with E-state index in [9.17, 15) is 19.5 Å². The van der Waals surface area contributed by atoms with Crippen molar-refractivity contribution in [3.05, 3.63) is 54.2 Å². The van der Waals surface area contributed by atoms with Crippen LogP contribution in [-0.4, -0.2) is 102 Å². The SMILES string of the molecule is CC(=O)NCCN(CC1CCC(CNC(=O)c2cc(-c3ccc(N4CCN(C)CC4)nc3)nc3ccccc23)CC1)C(=O)O. The van der Waals surface area contributed by atoms with E-state index in [-0.39, 0.29) is 24.3 Å². The van der Waals surface area contributed by atoms with Gasteiger partial charge in [-0.15, -0.1) is 0 Å². The van der Waals surface area contributed by atoms with Crippen LogP contribution in [0.25, 0.3) is 22.2 Å². The third kappa shape index (κ3) is 8.02. The quantitative estimate of drug-likeness (QED) is 0.321. The van der Waals surface area contributed by atoms with E-state index in [4.69, 9.17) is 9.97 Å². The molecule has 3 aromatic rings. The number of pyridine rings is 2. The second kappa shape index (κ2) is 14.5. The number of nitrogens with zero attached hydrogens (tertiary/aromatic N) is 5. The lowest BCUT2D eigenvalue weighted by molar-refractivity contribution is -0.119. The lowest BCUT2D eigenvalue weighted by Crippen LogP contribution is -2.44. The Morgan fingerprint density at radius 3 is 2.39 bits per heavy atom. The molecule has 3 heterocycles. The van der Waals surface area contributed by atoms with E-state index >= 15 is 0 Å². The van der Waals surface area contributed by atoms with E-state index in [1.807, 2.05) is 48.7 Å². The fourth-order valence-electron chi connectivity index (χ4n) is 6.17. The third-order valence-electron chi connectivity index (χ3n) is 8.85. The van der Waals surface area contributed by atoms with Crippen LogP contribution in [0.1, 0.15) is 43.0 Å². The molecule has 11 nitrogen and oxygen atoms in total. The highest BCUT2D eigenvalue weighted by molar-refractivity contribution is 6.07. The Balaban J connectivity index is 1.19. The summed E-state index contributed by atoms with van der Waals surface area (Å²) in [7, 11) is 2.13. The normalized spacial score (nSPS) is 19.0. The van der Waals surface area contributed by atoms with Gasteiger partial charge in [-0.3, -0.25) is 9.59 Å². The van der Waals surface area contributed by atoms with Crippen LogP contribution in [0.2, 0.25) is 0 Å². The minimum absolute atomic E-state index is 0.121. The monoisotopic (exact) mass is 601 g/mol. The van der Waals surface area contributed by atoms with Gasteiger partial charge >= 0.3 is 6.09 Å². The van der Waals surface area contributed by atoms with Crippen LogP contribution < -0.4 is 15.5 Å². The zero-order chi connectivity index (χ0) is 31.1. The number of carbonyl (C=O) groups excluding carboxylic acids is 2. The lowest BCUT2D eigenvalue weighted by Gasteiger charge is -2.33. The van der Waals surface area contributed by atoms with Crippen molar-refractivity contribution < 1.29 is 19.5 Å². The van der Waals surface area contributed by atoms with Gasteiger partial charge in [-0.05, 0) is 68.8 Å². The molecule has 3 amide bonds. The molecule has 1 saturated carbocycles. The molecule has 0 spiro atoms. The third-order valence-corrected chi connectivity index (χ3v) is 8.85. The molecule has 0 bridgehead atoms. The Labute approximate surface area is 258 Å². The molecule has 0 radical (unpaired) electrons.